The summed E-state index contributed by atoms with van der Waals surface area (Å²) in [7, 11) is 0. The van der Waals surface area contributed by atoms with E-state index in [2.05, 4.69) is 28.5 Å². The van der Waals surface area contributed by atoms with Crippen LogP contribution >= 0.6 is 0 Å². The number of ether oxygens (including phenoxy) is 1. The van der Waals surface area contributed by atoms with Crippen LogP contribution in [-0.2, 0) is 9.53 Å². The second-order valence-corrected chi connectivity index (χ2v) is 7.60. The van der Waals surface area contributed by atoms with Gasteiger partial charge in [0.25, 0.3) is 0 Å². The van der Waals surface area contributed by atoms with Crippen LogP contribution in [0.15, 0.2) is 18.2 Å². The maximum atomic E-state index is 12.4. The molecular weight excluding hydrogens is 314 g/mol. The second kappa shape index (κ2) is 8.30. The van der Waals surface area contributed by atoms with Crippen molar-refractivity contribution in [2.75, 3.05) is 44.7 Å². The van der Waals surface area contributed by atoms with Gasteiger partial charge in [-0.25, -0.2) is 0 Å². The molecule has 1 aliphatic carbocycles. The molecule has 1 saturated heterocycles. The number of rotatable bonds is 6. The lowest BCUT2D eigenvalue weighted by Crippen LogP contribution is -2.55. The Labute approximate surface area is 151 Å². The molecule has 0 atom stereocenters. The molecule has 1 saturated carbocycles. The molecule has 0 bridgehead atoms. The number of nitrogens with one attached hydrogen (secondary N) is 2. The Bertz CT molecular complexity index is 591. The summed E-state index contributed by atoms with van der Waals surface area (Å²) in [5.74, 6) is 0.0419. The molecule has 0 aromatic heterocycles. The number of hydrogen-bond acceptors (Lipinski definition) is 4. The van der Waals surface area contributed by atoms with Crippen LogP contribution in [0.3, 0.4) is 0 Å². The van der Waals surface area contributed by atoms with Crippen LogP contribution in [0.5, 0.6) is 0 Å². The minimum Gasteiger partial charge on any atom is -0.379 e. The van der Waals surface area contributed by atoms with Crippen LogP contribution in [0.4, 0.5) is 5.69 Å². The van der Waals surface area contributed by atoms with Crippen molar-refractivity contribution >= 4 is 11.6 Å². The van der Waals surface area contributed by atoms with Crippen LogP contribution in [0, 0.1) is 13.8 Å². The maximum absolute atomic E-state index is 12.4. The standard InChI is InChI=1S/C20H31N3O2/c1-16-5-6-18(17(2)13-16)22-19(24)14-21-20(7-3-4-8-20)15-23-9-11-25-12-10-23/h5-6,13,21H,3-4,7-12,14-15H2,1-2H3,(H,22,24). The Morgan fingerprint density at radius 1 is 1.20 bits per heavy atom. The first kappa shape index (κ1) is 18.4. The van der Waals surface area contributed by atoms with Gasteiger partial charge in [0.15, 0.2) is 0 Å². The van der Waals surface area contributed by atoms with Crippen LogP contribution < -0.4 is 10.6 Å². The van der Waals surface area contributed by atoms with Gasteiger partial charge in [0, 0.05) is 30.9 Å². The summed E-state index contributed by atoms with van der Waals surface area (Å²) in [6, 6.07) is 6.12. The predicted molar refractivity (Wildman–Crippen MR) is 101 cm³/mol. The van der Waals surface area contributed by atoms with Crippen LogP contribution in [0.1, 0.15) is 36.8 Å². The highest BCUT2D eigenvalue weighted by Crippen LogP contribution is 2.30. The largest absolute Gasteiger partial charge is 0.379 e. The molecule has 2 aliphatic rings. The molecule has 1 aromatic carbocycles. The fourth-order valence-corrected chi connectivity index (χ4v) is 4.05. The highest BCUT2D eigenvalue weighted by Gasteiger charge is 2.35. The molecule has 0 radical (unpaired) electrons. The summed E-state index contributed by atoms with van der Waals surface area (Å²) >= 11 is 0. The number of amides is 1. The number of aryl methyl sites for hydroxylation is 2. The molecule has 138 valence electrons. The number of benzene rings is 1. The summed E-state index contributed by atoms with van der Waals surface area (Å²) < 4.78 is 5.46. The quantitative estimate of drug-likeness (QED) is 0.832. The molecule has 1 amide bonds. The van der Waals surface area contributed by atoms with Gasteiger partial charge in [-0.15, -0.1) is 0 Å². The molecule has 0 spiro atoms. The van der Waals surface area contributed by atoms with E-state index < -0.39 is 0 Å². The van der Waals surface area contributed by atoms with E-state index >= 15 is 0 Å². The molecule has 3 rings (SSSR count). The SMILES string of the molecule is Cc1ccc(NC(=O)CNC2(CN3CCOCC3)CCCC2)c(C)c1. The minimum absolute atomic E-state index is 0.0419. The van der Waals surface area contributed by atoms with Crippen molar-refractivity contribution < 1.29 is 9.53 Å². The predicted octanol–water partition coefficient (Wildman–Crippen LogP) is 2.48. The number of hydrogen-bond donors (Lipinski definition) is 2. The van der Waals surface area contributed by atoms with Gasteiger partial charge in [0.05, 0.1) is 19.8 Å². The Balaban J connectivity index is 1.54. The molecule has 5 heteroatoms. The van der Waals surface area contributed by atoms with Gasteiger partial charge in [-0.1, -0.05) is 30.5 Å². The lowest BCUT2D eigenvalue weighted by molar-refractivity contribution is -0.115. The van der Waals surface area contributed by atoms with Gasteiger partial charge in [0.1, 0.15) is 0 Å². The Morgan fingerprint density at radius 3 is 2.60 bits per heavy atom. The Hall–Kier alpha value is -1.43. The summed E-state index contributed by atoms with van der Waals surface area (Å²) in [6.07, 6.45) is 4.80. The summed E-state index contributed by atoms with van der Waals surface area (Å²) in [6.45, 7) is 9.14. The monoisotopic (exact) mass is 345 g/mol. The van der Waals surface area contributed by atoms with Gasteiger partial charge in [-0.05, 0) is 38.3 Å². The normalized spacial score (nSPS) is 20.6. The molecular formula is C20H31N3O2. The number of nitrogens with zero attached hydrogens (tertiary/aromatic N) is 1. The Kier molecular flexibility index (Phi) is 6.10. The van der Waals surface area contributed by atoms with Gasteiger partial charge < -0.3 is 15.4 Å². The average Bonchev–Trinajstić information content (AvgIpc) is 3.05. The first-order valence-corrected chi connectivity index (χ1v) is 9.49. The fourth-order valence-electron chi connectivity index (χ4n) is 4.05. The fraction of sp³-hybridized carbons (Fsp3) is 0.650. The maximum Gasteiger partial charge on any atom is 0.238 e. The van der Waals surface area contributed by atoms with E-state index in [1.54, 1.807) is 0 Å². The van der Waals surface area contributed by atoms with Gasteiger partial charge >= 0.3 is 0 Å². The molecule has 2 N–H and O–H groups in total. The topological polar surface area (TPSA) is 53.6 Å². The average molecular weight is 345 g/mol. The number of morpholine rings is 1. The van der Waals surface area contributed by atoms with Crippen molar-refractivity contribution in [2.24, 2.45) is 0 Å². The van der Waals surface area contributed by atoms with Crippen molar-refractivity contribution in [3.8, 4) is 0 Å². The first-order chi connectivity index (χ1) is 12.1. The Morgan fingerprint density at radius 2 is 1.92 bits per heavy atom. The number of anilines is 1. The zero-order valence-corrected chi connectivity index (χ0v) is 15.6. The number of carbonyl (C=O) groups excluding carboxylic acids is 1. The van der Waals surface area contributed by atoms with E-state index in [4.69, 9.17) is 4.74 Å². The second-order valence-electron chi connectivity index (χ2n) is 7.60. The zero-order valence-electron chi connectivity index (χ0n) is 15.6. The molecule has 1 aromatic rings. The molecule has 25 heavy (non-hydrogen) atoms. The third kappa shape index (κ3) is 5.03. The molecule has 1 aliphatic heterocycles. The molecule has 2 fully saturated rings. The third-order valence-corrected chi connectivity index (χ3v) is 5.47. The summed E-state index contributed by atoms with van der Waals surface area (Å²) in [5, 5.41) is 6.65. The van der Waals surface area contributed by atoms with E-state index in [1.807, 2.05) is 19.1 Å². The first-order valence-electron chi connectivity index (χ1n) is 9.49. The van der Waals surface area contributed by atoms with Gasteiger partial charge in [-0.3, -0.25) is 9.69 Å². The minimum atomic E-state index is 0.0419. The van der Waals surface area contributed by atoms with Gasteiger partial charge in [-0.2, -0.15) is 0 Å². The van der Waals surface area contributed by atoms with Crippen LogP contribution in [0.2, 0.25) is 0 Å². The van der Waals surface area contributed by atoms with Crippen molar-refractivity contribution in [2.45, 2.75) is 45.1 Å². The van der Waals surface area contributed by atoms with E-state index in [0.29, 0.717) is 6.54 Å². The smallest absolute Gasteiger partial charge is 0.238 e. The van der Waals surface area contributed by atoms with E-state index in [-0.39, 0.29) is 11.4 Å². The number of carbonyl (C=O) groups is 1. The lowest BCUT2D eigenvalue weighted by atomic mass is 9.96. The highest BCUT2D eigenvalue weighted by molar-refractivity contribution is 5.93. The van der Waals surface area contributed by atoms with Crippen molar-refractivity contribution in [1.82, 2.24) is 10.2 Å². The van der Waals surface area contributed by atoms with Crippen molar-refractivity contribution in [3.63, 3.8) is 0 Å². The summed E-state index contributed by atoms with van der Waals surface area (Å²) in [5.41, 5.74) is 3.31. The van der Waals surface area contributed by atoms with E-state index in [9.17, 15) is 4.79 Å². The van der Waals surface area contributed by atoms with Crippen LogP contribution in [0.25, 0.3) is 0 Å². The third-order valence-electron chi connectivity index (χ3n) is 5.47. The highest BCUT2D eigenvalue weighted by atomic mass is 16.5. The molecule has 5 nitrogen and oxygen atoms in total. The lowest BCUT2D eigenvalue weighted by Gasteiger charge is -2.37. The zero-order chi connectivity index (χ0) is 17.7. The van der Waals surface area contributed by atoms with Gasteiger partial charge in [0.2, 0.25) is 5.91 Å². The van der Waals surface area contributed by atoms with E-state index in [0.717, 1.165) is 56.9 Å². The van der Waals surface area contributed by atoms with Crippen LogP contribution in [-0.4, -0.2) is 55.7 Å². The summed E-state index contributed by atoms with van der Waals surface area (Å²) in [4.78, 5) is 14.9. The van der Waals surface area contributed by atoms with E-state index in [1.165, 1.54) is 18.4 Å². The molecule has 1 heterocycles. The van der Waals surface area contributed by atoms with Crippen molar-refractivity contribution in [1.29, 1.82) is 0 Å². The molecule has 0 unspecified atom stereocenters. The van der Waals surface area contributed by atoms with Crippen molar-refractivity contribution in [3.05, 3.63) is 29.3 Å².